The molecule has 1 spiro atoms. The summed E-state index contributed by atoms with van der Waals surface area (Å²) >= 11 is 0. The third-order valence-electron chi connectivity index (χ3n) is 8.17. The zero-order valence-corrected chi connectivity index (χ0v) is 22.6. The molecule has 200 valence electrons. The number of amides is 2. The minimum Gasteiger partial charge on any atom is -0.349 e. The molecule has 4 aliphatic rings. The summed E-state index contributed by atoms with van der Waals surface area (Å²) in [7, 11) is 0. The topological polar surface area (TPSA) is 74.3 Å². The van der Waals surface area contributed by atoms with Gasteiger partial charge in [0.05, 0.1) is 19.3 Å². The number of rotatable bonds is 8. The van der Waals surface area contributed by atoms with E-state index in [9.17, 15) is 9.59 Å². The van der Waals surface area contributed by atoms with Gasteiger partial charge in [0.1, 0.15) is 6.04 Å². The van der Waals surface area contributed by atoms with Crippen molar-refractivity contribution in [2.45, 2.75) is 90.6 Å². The second-order valence-corrected chi connectivity index (χ2v) is 12.2. The van der Waals surface area contributed by atoms with Crippen molar-refractivity contribution in [1.82, 2.24) is 20.0 Å². The Bertz CT molecular complexity index is 733. The summed E-state index contributed by atoms with van der Waals surface area (Å²) in [4.78, 5) is 33.6. The molecule has 0 bridgehead atoms. The molecule has 0 aromatic rings. The van der Waals surface area contributed by atoms with Gasteiger partial charge in [0.25, 0.3) is 0 Å². The highest BCUT2D eigenvalue weighted by atomic mass is 16.7. The van der Waals surface area contributed by atoms with Crippen LogP contribution in [0.25, 0.3) is 0 Å². The minimum atomic E-state index is -0.567. The zero-order chi connectivity index (χ0) is 25.2. The summed E-state index contributed by atoms with van der Waals surface area (Å²) in [5, 5.41) is 3.37. The number of nitrogens with one attached hydrogen (secondary N) is 1. The number of piperazine rings is 1. The average Bonchev–Trinajstić information content (AvgIpc) is 2.77. The van der Waals surface area contributed by atoms with Crippen LogP contribution in [0.1, 0.15) is 66.7 Å². The van der Waals surface area contributed by atoms with Crippen LogP contribution in [0, 0.1) is 17.8 Å². The van der Waals surface area contributed by atoms with E-state index in [0.717, 1.165) is 32.7 Å². The summed E-state index contributed by atoms with van der Waals surface area (Å²) in [5.41, 5.74) is 0. The van der Waals surface area contributed by atoms with Crippen molar-refractivity contribution >= 4 is 11.8 Å². The fourth-order valence-electron chi connectivity index (χ4n) is 6.15. The maximum absolute atomic E-state index is 13.9. The Balaban J connectivity index is 1.38. The van der Waals surface area contributed by atoms with Crippen LogP contribution < -0.4 is 5.32 Å². The molecule has 0 aromatic carbocycles. The third kappa shape index (κ3) is 6.38. The minimum absolute atomic E-state index is 0.0160. The Morgan fingerprint density at radius 1 is 1.09 bits per heavy atom. The van der Waals surface area contributed by atoms with Crippen LogP contribution >= 0.6 is 0 Å². The Labute approximate surface area is 212 Å². The quantitative estimate of drug-likeness (QED) is 0.561. The van der Waals surface area contributed by atoms with Crippen LogP contribution in [0.15, 0.2) is 0 Å². The molecular formula is C27H48N4O4. The molecule has 4 fully saturated rings. The van der Waals surface area contributed by atoms with E-state index in [-0.39, 0.29) is 23.9 Å². The first kappa shape index (κ1) is 26.8. The number of hydrogen-bond donors (Lipinski definition) is 1. The monoisotopic (exact) mass is 492 g/mol. The van der Waals surface area contributed by atoms with Gasteiger partial charge in [-0.15, -0.1) is 0 Å². The van der Waals surface area contributed by atoms with E-state index in [4.69, 9.17) is 9.47 Å². The van der Waals surface area contributed by atoms with Gasteiger partial charge in [0.15, 0.2) is 5.79 Å². The predicted octanol–water partition coefficient (Wildman–Crippen LogP) is 2.32. The average molecular weight is 493 g/mol. The largest absolute Gasteiger partial charge is 0.349 e. The number of carbonyl (C=O) groups excluding carboxylic acids is 2. The lowest BCUT2D eigenvalue weighted by Gasteiger charge is -2.50. The highest BCUT2D eigenvalue weighted by Crippen LogP contribution is 2.36. The first-order chi connectivity index (χ1) is 16.7. The van der Waals surface area contributed by atoms with Gasteiger partial charge in [-0.3, -0.25) is 9.59 Å². The number of piperidine rings is 1. The molecule has 0 aliphatic carbocycles. The van der Waals surface area contributed by atoms with E-state index in [1.54, 1.807) is 0 Å². The van der Waals surface area contributed by atoms with Crippen molar-refractivity contribution in [3.8, 4) is 0 Å². The van der Waals surface area contributed by atoms with Crippen molar-refractivity contribution in [2.24, 2.45) is 17.8 Å². The van der Waals surface area contributed by atoms with Gasteiger partial charge >= 0.3 is 0 Å². The number of nitrogens with zero attached hydrogens (tertiary/aromatic N) is 3. The SMILES string of the molecule is CC(C)C[C@@H]1NCCN([C@@H](CC(C)C)C(=O)N2CCC3(CC2C)OCC(CN2CCC2)CO3)C1=O. The third-order valence-corrected chi connectivity index (χ3v) is 8.17. The highest BCUT2D eigenvalue weighted by Gasteiger charge is 2.47. The molecule has 4 saturated heterocycles. The van der Waals surface area contributed by atoms with Crippen LogP contribution in [0.3, 0.4) is 0 Å². The summed E-state index contributed by atoms with van der Waals surface area (Å²) < 4.78 is 12.7. The summed E-state index contributed by atoms with van der Waals surface area (Å²) in [6.45, 7) is 17.5. The van der Waals surface area contributed by atoms with E-state index in [0.29, 0.717) is 50.1 Å². The molecule has 4 heterocycles. The lowest BCUT2D eigenvalue weighted by atomic mass is 9.92. The van der Waals surface area contributed by atoms with Crippen LogP contribution in [0.5, 0.6) is 0 Å². The van der Waals surface area contributed by atoms with E-state index in [1.165, 1.54) is 19.5 Å². The molecule has 4 aliphatic heterocycles. The van der Waals surface area contributed by atoms with E-state index < -0.39 is 11.8 Å². The van der Waals surface area contributed by atoms with Crippen molar-refractivity contribution < 1.29 is 19.1 Å². The van der Waals surface area contributed by atoms with E-state index in [2.05, 4.69) is 44.8 Å². The molecule has 0 aromatic heterocycles. The van der Waals surface area contributed by atoms with Gasteiger partial charge in [0, 0.05) is 51.0 Å². The molecule has 8 nitrogen and oxygen atoms in total. The van der Waals surface area contributed by atoms with Gasteiger partial charge in [-0.25, -0.2) is 0 Å². The molecule has 0 radical (unpaired) electrons. The number of ether oxygens (including phenoxy) is 2. The Hall–Kier alpha value is -1.22. The van der Waals surface area contributed by atoms with Crippen LogP contribution in [-0.2, 0) is 19.1 Å². The Morgan fingerprint density at radius 3 is 2.37 bits per heavy atom. The Kier molecular flexibility index (Phi) is 8.78. The highest BCUT2D eigenvalue weighted by molar-refractivity contribution is 5.90. The number of hydrogen-bond acceptors (Lipinski definition) is 6. The maximum atomic E-state index is 13.9. The van der Waals surface area contributed by atoms with Gasteiger partial charge in [0.2, 0.25) is 11.8 Å². The smallest absolute Gasteiger partial charge is 0.245 e. The molecule has 3 atom stereocenters. The molecule has 1 unspecified atom stereocenters. The molecule has 0 saturated carbocycles. The van der Waals surface area contributed by atoms with Gasteiger partial charge < -0.3 is 29.5 Å². The fourth-order valence-corrected chi connectivity index (χ4v) is 6.15. The molecule has 1 N–H and O–H groups in total. The summed E-state index contributed by atoms with van der Waals surface area (Å²) in [5.74, 6) is 0.791. The van der Waals surface area contributed by atoms with Gasteiger partial charge in [-0.1, -0.05) is 27.7 Å². The fraction of sp³-hybridized carbons (Fsp3) is 0.926. The second-order valence-electron chi connectivity index (χ2n) is 12.2. The number of carbonyl (C=O) groups is 2. The standard InChI is InChI=1S/C27H48N4O4/c1-19(2)13-23-25(32)31(12-8-28-23)24(14-20(3)4)26(33)30-11-7-27(15-21(30)5)34-17-22(18-35-27)16-29-9-6-10-29/h19-24,28H,6-18H2,1-5H3/t21?,22?,23-,24-,27?/m0/s1. The van der Waals surface area contributed by atoms with E-state index in [1.807, 2.05) is 9.80 Å². The Morgan fingerprint density at radius 2 is 1.80 bits per heavy atom. The van der Waals surface area contributed by atoms with E-state index >= 15 is 0 Å². The molecule has 8 heteroatoms. The molecule has 4 rings (SSSR count). The van der Waals surface area contributed by atoms with Crippen LogP contribution in [-0.4, -0.2) is 103 Å². The number of likely N-dealkylation sites (tertiary alicyclic amines) is 2. The molecule has 2 amide bonds. The van der Waals surface area contributed by atoms with Crippen LogP contribution in [0.4, 0.5) is 0 Å². The zero-order valence-electron chi connectivity index (χ0n) is 22.6. The lowest BCUT2D eigenvalue weighted by Crippen LogP contribution is -2.64. The van der Waals surface area contributed by atoms with Crippen molar-refractivity contribution in [3.05, 3.63) is 0 Å². The van der Waals surface area contributed by atoms with Crippen LogP contribution in [0.2, 0.25) is 0 Å². The van der Waals surface area contributed by atoms with Gasteiger partial charge in [-0.05, 0) is 51.1 Å². The summed E-state index contributed by atoms with van der Waals surface area (Å²) in [6, 6.07) is -0.575. The predicted molar refractivity (Wildman–Crippen MR) is 136 cm³/mol. The van der Waals surface area contributed by atoms with Gasteiger partial charge in [-0.2, -0.15) is 0 Å². The lowest BCUT2D eigenvalue weighted by molar-refractivity contribution is -0.304. The summed E-state index contributed by atoms with van der Waals surface area (Å²) in [6.07, 6.45) is 4.18. The van der Waals surface area contributed by atoms with Crippen molar-refractivity contribution in [2.75, 3.05) is 52.5 Å². The molecule has 35 heavy (non-hydrogen) atoms. The maximum Gasteiger partial charge on any atom is 0.245 e. The molecular weight excluding hydrogens is 444 g/mol. The normalized spacial score (nSPS) is 33.5. The van der Waals surface area contributed by atoms with Crippen molar-refractivity contribution in [1.29, 1.82) is 0 Å². The first-order valence-electron chi connectivity index (χ1n) is 14.0. The second kappa shape index (κ2) is 11.4. The van der Waals surface area contributed by atoms with Crippen molar-refractivity contribution in [3.63, 3.8) is 0 Å². The first-order valence-corrected chi connectivity index (χ1v) is 14.0.